The van der Waals surface area contributed by atoms with Crippen LogP contribution in [0.4, 0.5) is 0 Å². The SMILES string of the molecule is C[N-]CC1CCOCC1. The number of nitrogens with zero attached hydrogens (tertiary/aromatic N) is 1. The lowest BCUT2D eigenvalue weighted by atomic mass is 10.0. The van der Waals surface area contributed by atoms with Crippen LogP contribution in [0.25, 0.3) is 5.32 Å². The van der Waals surface area contributed by atoms with E-state index in [1.807, 2.05) is 7.05 Å². The van der Waals surface area contributed by atoms with Crippen molar-refractivity contribution in [2.75, 3.05) is 26.8 Å². The van der Waals surface area contributed by atoms with Crippen LogP contribution in [0, 0.1) is 5.92 Å². The van der Waals surface area contributed by atoms with Gasteiger partial charge in [0, 0.05) is 13.2 Å². The standard InChI is InChI=1S/C7H14NO/c1-8-6-7-2-4-9-5-3-7/h7H,2-6H2,1H3/q-1. The third-order valence-corrected chi connectivity index (χ3v) is 1.78. The molecule has 0 N–H and O–H groups in total. The lowest BCUT2D eigenvalue weighted by Crippen LogP contribution is -2.17. The molecule has 0 aromatic heterocycles. The molecule has 0 aromatic rings. The van der Waals surface area contributed by atoms with Crippen LogP contribution in [0.5, 0.6) is 0 Å². The highest BCUT2D eigenvalue weighted by Crippen LogP contribution is 2.15. The third-order valence-electron chi connectivity index (χ3n) is 1.78. The second kappa shape index (κ2) is 3.85. The Kier molecular flexibility index (Phi) is 3.01. The van der Waals surface area contributed by atoms with Gasteiger partial charge in [-0.1, -0.05) is 5.92 Å². The van der Waals surface area contributed by atoms with E-state index >= 15 is 0 Å². The zero-order valence-corrected chi connectivity index (χ0v) is 5.97. The Morgan fingerprint density at radius 2 is 2.11 bits per heavy atom. The Hall–Kier alpha value is -0.0800. The molecule has 1 saturated heterocycles. The summed E-state index contributed by atoms with van der Waals surface area (Å²) in [5.41, 5.74) is 0. The summed E-state index contributed by atoms with van der Waals surface area (Å²) in [5, 5.41) is 4.10. The van der Waals surface area contributed by atoms with Crippen LogP contribution in [0.15, 0.2) is 0 Å². The van der Waals surface area contributed by atoms with Crippen LogP contribution in [0.2, 0.25) is 0 Å². The first-order valence-corrected chi connectivity index (χ1v) is 3.57. The van der Waals surface area contributed by atoms with Gasteiger partial charge in [0.2, 0.25) is 0 Å². The largest absolute Gasteiger partial charge is 0.665 e. The van der Waals surface area contributed by atoms with E-state index in [1.165, 1.54) is 12.8 Å². The molecule has 2 heteroatoms. The molecule has 1 fully saturated rings. The molecule has 9 heavy (non-hydrogen) atoms. The molecular weight excluding hydrogens is 114 g/mol. The van der Waals surface area contributed by atoms with E-state index < -0.39 is 0 Å². The summed E-state index contributed by atoms with van der Waals surface area (Å²) < 4.78 is 5.20. The van der Waals surface area contributed by atoms with Gasteiger partial charge in [0.15, 0.2) is 0 Å². The average molecular weight is 128 g/mol. The van der Waals surface area contributed by atoms with E-state index in [0.717, 1.165) is 25.7 Å². The normalized spacial score (nSPS) is 22.3. The summed E-state index contributed by atoms with van der Waals surface area (Å²) in [6.45, 7) is 2.92. The van der Waals surface area contributed by atoms with Gasteiger partial charge in [0.05, 0.1) is 0 Å². The monoisotopic (exact) mass is 128 g/mol. The molecule has 1 aliphatic rings. The average Bonchev–Trinajstić information content (AvgIpc) is 1.91. The molecular formula is C7H14NO-. The molecule has 0 radical (unpaired) electrons. The van der Waals surface area contributed by atoms with Crippen LogP contribution < -0.4 is 0 Å². The summed E-state index contributed by atoms with van der Waals surface area (Å²) in [6.07, 6.45) is 2.41. The number of rotatable bonds is 2. The van der Waals surface area contributed by atoms with Crippen molar-refractivity contribution in [3.8, 4) is 0 Å². The number of hydrogen-bond donors (Lipinski definition) is 0. The van der Waals surface area contributed by atoms with Gasteiger partial charge in [-0.3, -0.25) is 0 Å². The van der Waals surface area contributed by atoms with Crippen LogP contribution in [-0.2, 0) is 4.74 Å². The van der Waals surface area contributed by atoms with Gasteiger partial charge in [-0.2, -0.15) is 7.05 Å². The van der Waals surface area contributed by atoms with Crippen LogP contribution in [0.1, 0.15) is 12.8 Å². The Labute approximate surface area is 56.6 Å². The van der Waals surface area contributed by atoms with Gasteiger partial charge in [-0.25, -0.2) is 0 Å². The fourth-order valence-corrected chi connectivity index (χ4v) is 1.19. The fourth-order valence-electron chi connectivity index (χ4n) is 1.19. The highest BCUT2D eigenvalue weighted by atomic mass is 16.5. The summed E-state index contributed by atoms with van der Waals surface area (Å²) in [6, 6.07) is 0. The minimum atomic E-state index is 0.809. The van der Waals surface area contributed by atoms with Crippen LogP contribution in [0.3, 0.4) is 0 Å². The van der Waals surface area contributed by atoms with Gasteiger partial charge < -0.3 is 10.1 Å². The molecule has 1 aliphatic heterocycles. The maximum atomic E-state index is 5.20. The lowest BCUT2D eigenvalue weighted by molar-refractivity contribution is 0.0704. The first kappa shape index (κ1) is 7.03. The molecule has 0 unspecified atom stereocenters. The van der Waals surface area contributed by atoms with Gasteiger partial charge >= 0.3 is 0 Å². The Bertz CT molecular complexity index is 66.6. The van der Waals surface area contributed by atoms with Gasteiger partial charge in [-0.05, 0) is 12.8 Å². The molecule has 0 aromatic carbocycles. The summed E-state index contributed by atoms with van der Waals surface area (Å²) in [7, 11) is 1.88. The fraction of sp³-hybridized carbons (Fsp3) is 1.00. The predicted molar refractivity (Wildman–Crippen MR) is 37.7 cm³/mol. The molecule has 0 saturated carbocycles. The van der Waals surface area contributed by atoms with Gasteiger partial charge in [-0.15, -0.1) is 6.54 Å². The van der Waals surface area contributed by atoms with Crippen molar-refractivity contribution in [2.45, 2.75) is 12.8 Å². The van der Waals surface area contributed by atoms with E-state index in [-0.39, 0.29) is 0 Å². The van der Waals surface area contributed by atoms with Crippen LogP contribution in [-0.4, -0.2) is 26.8 Å². The van der Waals surface area contributed by atoms with E-state index in [1.54, 1.807) is 0 Å². The first-order valence-electron chi connectivity index (χ1n) is 3.57. The van der Waals surface area contributed by atoms with Crippen molar-refractivity contribution < 1.29 is 4.74 Å². The number of hydrogen-bond acceptors (Lipinski definition) is 1. The molecule has 0 spiro atoms. The second-order valence-corrected chi connectivity index (χ2v) is 2.55. The minimum absolute atomic E-state index is 0.809. The Morgan fingerprint density at radius 3 is 2.67 bits per heavy atom. The highest BCUT2D eigenvalue weighted by Gasteiger charge is 2.08. The third kappa shape index (κ3) is 2.33. The smallest absolute Gasteiger partial charge is 0.0468 e. The minimum Gasteiger partial charge on any atom is -0.665 e. The molecule has 0 amide bonds. The van der Waals surface area contributed by atoms with E-state index in [2.05, 4.69) is 5.32 Å². The second-order valence-electron chi connectivity index (χ2n) is 2.55. The van der Waals surface area contributed by atoms with Crippen molar-refractivity contribution in [3.63, 3.8) is 0 Å². The summed E-state index contributed by atoms with van der Waals surface area (Å²) in [4.78, 5) is 0. The molecule has 2 nitrogen and oxygen atoms in total. The quantitative estimate of drug-likeness (QED) is 0.551. The van der Waals surface area contributed by atoms with Crippen molar-refractivity contribution in [3.05, 3.63) is 5.32 Å². The lowest BCUT2D eigenvalue weighted by Gasteiger charge is -2.26. The van der Waals surface area contributed by atoms with Crippen molar-refractivity contribution in [1.82, 2.24) is 0 Å². The first-order chi connectivity index (χ1) is 4.43. The summed E-state index contributed by atoms with van der Waals surface area (Å²) in [5.74, 6) is 0.809. The van der Waals surface area contributed by atoms with Gasteiger partial charge in [0.1, 0.15) is 0 Å². The van der Waals surface area contributed by atoms with E-state index in [0.29, 0.717) is 0 Å². The van der Waals surface area contributed by atoms with Crippen molar-refractivity contribution >= 4 is 0 Å². The van der Waals surface area contributed by atoms with Crippen LogP contribution >= 0.6 is 0 Å². The zero-order chi connectivity index (χ0) is 6.53. The predicted octanol–water partition coefficient (Wildman–Crippen LogP) is 1.42. The van der Waals surface area contributed by atoms with Crippen molar-refractivity contribution in [2.24, 2.45) is 5.92 Å². The molecule has 0 bridgehead atoms. The summed E-state index contributed by atoms with van der Waals surface area (Å²) >= 11 is 0. The van der Waals surface area contributed by atoms with E-state index in [4.69, 9.17) is 4.74 Å². The van der Waals surface area contributed by atoms with Gasteiger partial charge in [0.25, 0.3) is 0 Å². The molecule has 1 rings (SSSR count). The Morgan fingerprint density at radius 1 is 1.44 bits per heavy atom. The maximum Gasteiger partial charge on any atom is 0.0468 e. The molecule has 0 atom stereocenters. The topological polar surface area (TPSA) is 23.3 Å². The van der Waals surface area contributed by atoms with Crippen molar-refractivity contribution in [1.29, 1.82) is 0 Å². The number of ether oxygens (including phenoxy) is 1. The zero-order valence-electron chi connectivity index (χ0n) is 5.97. The van der Waals surface area contributed by atoms with E-state index in [9.17, 15) is 0 Å². The Balaban J connectivity index is 2.08. The highest BCUT2D eigenvalue weighted by molar-refractivity contribution is 4.78. The molecule has 1 heterocycles. The molecule has 54 valence electrons. The maximum absolute atomic E-state index is 5.20. The molecule has 0 aliphatic carbocycles.